The van der Waals surface area contributed by atoms with Gasteiger partial charge in [0.05, 0.1) is 18.9 Å². The number of carbonyl (C=O) groups is 1. The number of rotatable bonds is 5. The van der Waals surface area contributed by atoms with Crippen molar-refractivity contribution in [2.24, 2.45) is 0 Å². The zero-order chi connectivity index (χ0) is 12.7. The lowest BCUT2D eigenvalue weighted by atomic mass is 10.1. The smallest absolute Gasteiger partial charge is 0.224 e. The molecule has 1 N–H and O–H groups in total. The molecule has 4 nitrogen and oxygen atoms in total. The molecule has 17 heavy (non-hydrogen) atoms. The lowest BCUT2D eigenvalue weighted by Gasteiger charge is -2.13. The fourth-order valence-electron chi connectivity index (χ4n) is 1.47. The van der Waals surface area contributed by atoms with E-state index in [2.05, 4.69) is 16.4 Å². The van der Waals surface area contributed by atoms with Crippen molar-refractivity contribution in [3.05, 3.63) is 29.6 Å². The molecular formula is C13H17N3O. The highest BCUT2D eigenvalue weighted by Crippen LogP contribution is 2.02. The largest absolute Gasteiger partial charge is 0.352 e. The van der Waals surface area contributed by atoms with Crippen LogP contribution in [0.15, 0.2) is 18.3 Å². The molecule has 90 valence electrons. The first-order chi connectivity index (χ1) is 8.15. The number of hydrogen-bond acceptors (Lipinski definition) is 3. The monoisotopic (exact) mass is 231 g/mol. The number of nitrogens with one attached hydrogen (secondary N) is 1. The topological polar surface area (TPSA) is 65.8 Å². The van der Waals surface area contributed by atoms with E-state index in [1.54, 1.807) is 6.20 Å². The molecule has 0 saturated carbocycles. The van der Waals surface area contributed by atoms with Crippen LogP contribution in [0.3, 0.4) is 0 Å². The van der Waals surface area contributed by atoms with Crippen LogP contribution in [0.1, 0.15) is 31.0 Å². The molecule has 1 aromatic rings. The molecular weight excluding hydrogens is 214 g/mol. The van der Waals surface area contributed by atoms with E-state index in [1.165, 1.54) is 0 Å². The third-order valence-corrected chi connectivity index (χ3v) is 2.53. The number of nitriles is 1. The van der Waals surface area contributed by atoms with E-state index in [-0.39, 0.29) is 11.9 Å². The predicted molar refractivity (Wildman–Crippen MR) is 65.1 cm³/mol. The summed E-state index contributed by atoms with van der Waals surface area (Å²) in [5, 5.41) is 11.4. The number of carbonyl (C=O) groups excluding carboxylic acids is 1. The highest BCUT2D eigenvalue weighted by Gasteiger charge is 2.10. The van der Waals surface area contributed by atoms with Gasteiger partial charge in [0, 0.05) is 17.9 Å². The zero-order valence-electron chi connectivity index (χ0n) is 10.2. The van der Waals surface area contributed by atoms with Gasteiger partial charge < -0.3 is 5.32 Å². The molecule has 0 radical (unpaired) electrons. The number of nitrogens with zero attached hydrogens (tertiary/aromatic N) is 2. The SMILES string of the molecule is CCC(CC#N)NC(=O)Cc1ccc(C)nc1. The molecule has 0 aliphatic heterocycles. The van der Waals surface area contributed by atoms with Crippen molar-refractivity contribution in [3.63, 3.8) is 0 Å². The molecule has 0 aromatic carbocycles. The van der Waals surface area contributed by atoms with E-state index < -0.39 is 0 Å². The quantitative estimate of drug-likeness (QED) is 0.839. The molecule has 1 rings (SSSR count). The molecule has 1 amide bonds. The Hall–Kier alpha value is -1.89. The highest BCUT2D eigenvalue weighted by atomic mass is 16.1. The van der Waals surface area contributed by atoms with E-state index in [4.69, 9.17) is 5.26 Å². The summed E-state index contributed by atoms with van der Waals surface area (Å²) in [6.45, 7) is 3.86. The van der Waals surface area contributed by atoms with Gasteiger partial charge in [-0.05, 0) is 25.0 Å². The minimum absolute atomic E-state index is 0.0501. The van der Waals surface area contributed by atoms with Gasteiger partial charge in [0.25, 0.3) is 0 Å². The Kier molecular flexibility index (Phi) is 5.15. The molecule has 0 bridgehead atoms. The van der Waals surface area contributed by atoms with Gasteiger partial charge in [-0.25, -0.2) is 0 Å². The molecule has 0 aliphatic carbocycles. The Morgan fingerprint density at radius 1 is 1.59 bits per heavy atom. The Morgan fingerprint density at radius 3 is 2.88 bits per heavy atom. The van der Waals surface area contributed by atoms with Crippen LogP contribution in [0.2, 0.25) is 0 Å². The first-order valence-electron chi connectivity index (χ1n) is 5.73. The van der Waals surface area contributed by atoms with E-state index in [1.807, 2.05) is 26.0 Å². The van der Waals surface area contributed by atoms with Gasteiger partial charge in [0.1, 0.15) is 0 Å². The van der Waals surface area contributed by atoms with Gasteiger partial charge in [0.15, 0.2) is 0 Å². The summed E-state index contributed by atoms with van der Waals surface area (Å²) in [5.41, 5.74) is 1.82. The van der Waals surface area contributed by atoms with E-state index >= 15 is 0 Å². The van der Waals surface area contributed by atoms with Crippen LogP contribution in [0.5, 0.6) is 0 Å². The van der Waals surface area contributed by atoms with Crippen molar-refractivity contribution < 1.29 is 4.79 Å². The number of hydrogen-bond donors (Lipinski definition) is 1. The van der Waals surface area contributed by atoms with Crippen molar-refractivity contribution in [3.8, 4) is 6.07 Å². The average molecular weight is 231 g/mol. The maximum atomic E-state index is 11.7. The second-order valence-electron chi connectivity index (χ2n) is 4.02. The summed E-state index contributed by atoms with van der Waals surface area (Å²) in [6.07, 6.45) is 3.15. The lowest BCUT2D eigenvalue weighted by Crippen LogP contribution is -2.35. The van der Waals surface area contributed by atoms with Crippen molar-refractivity contribution >= 4 is 5.91 Å². The summed E-state index contributed by atoms with van der Waals surface area (Å²) >= 11 is 0. The highest BCUT2D eigenvalue weighted by molar-refractivity contribution is 5.78. The van der Waals surface area contributed by atoms with Crippen molar-refractivity contribution in [1.82, 2.24) is 10.3 Å². The van der Waals surface area contributed by atoms with Crippen LogP contribution in [-0.2, 0) is 11.2 Å². The van der Waals surface area contributed by atoms with Crippen LogP contribution in [0.25, 0.3) is 0 Å². The Balaban J connectivity index is 2.49. The fourth-order valence-corrected chi connectivity index (χ4v) is 1.47. The summed E-state index contributed by atoms with van der Waals surface area (Å²) in [4.78, 5) is 15.8. The standard InChI is InChI=1S/C13H17N3O/c1-3-12(6-7-14)16-13(17)8-11-5-4-10(2)15-9-11/h4-5,9,12H,3,6,8H2,1-2H3,(H,16,17). The second-order valence-corrected chi connectivity index (χ2v) is 4.02. The van der Waals surface area contributed by atoms with Crippen LogP contribution in [0, 0.1) is 18.3 Å². The Bertz CT molecular complexity index is 406. The predicted octanol–water partition coefficient (Wildman–Crippen LogP) is 1.74. The number of pyridine rings is 1. The molecule has 1 unspecified atom stereocenters. The first kappa shape index (κ1) is 13.2. The average Bonchev–Trinajstić information content (AvgIpc) is 2.31. The molecule has 0 fully saturated rings. The van der Waals surface area contributed by atoms with E-state index in [9.17, 15) is 4.79 Å². The second kappa shape index (κ2) is 6.64. The van der Waals surface area contributed by atoms with Gasteiger partial charge in [-0.1, -0.05) is 13.0 Å². The molecule has 4 heteroatoms. The third-order valence-electron chi connectivity index (χ3n) is 2.53. The summed E-state index contributed by atoms with van der Waals surface area (Å²) < 4.78 is 0. The molecule has 1 heterocycles. The van der Waals surface area contributed by atoms with Crippen LogP contribution in [0.4, 0.5) is 0 Å². The Morgan fingerprint density at radius 2 is 2.35 bits per heavy atom. The first-order valence-corrected chi connectivity index (χ1v) is 5.73. The molecule has 0 aliphatic rings. The normalized spacial score (nSPS) is 11.6. The maximum Gasteiger partial charge on any atom is 0.224 e. The molecule has 1 aromatic heterocycles. The molecule has 1 atom stereocenters. The number of aryl methyl sites for hydroxylation is 1. The number of amides is 1. The van der Waals surface area contributed by atoms with Crippen LogP contribution >= 0.6 is 0 Å². The van der Waals surface area contributed by atoms with E-state index in [0.29, 0.717) is 12.8 Å². The Labute approximate surface area is 102 Å². The molecule has 0 spiro atoms. The van der Waals surface area contributed by atoms with Gasteiger partial charge in [0.2, 0.25) is 5.91 Å². The maximum absolute atomic E-state index is 11.7. The van der Waals surface area contributed by atoms with Crippen molar-refractivity contribution in [2.75, 3.05) is 0 Å². The van der Waals surface area contributed by atoms with E-state index in [0.717, 1.165) is 17.7 Å². The van der Waals surface area contributed by atoms with Crippen molar-refractivity contribution in [1.29, 1.82) is 5.26 Å². The van der Waals surface area contributed by atoms with Gasteiger partial charge >= 0.3 is 0 Å². The van der Waals surface area contributed by atoms with Crippen molar-refractivity contribution in [2.45, 2.75) is 39.2 Å². The van der Waals surface area contributed by atoms with Gasteiger partial charge in [-0.3, -0.25) is 9.78 Å². The minimum atomic E-state index is -0.0576. The zero-order valence-corrected chi connectivity index (χ0v) is 10.2. The lowest BCUT2D eigenvalue weighted by molar-refractivity contribution is -0.121. The molecule has 0 saturated heterocycles. The number of aromatic nitrogens is 1. The fraction of sp³-hybridized carbons (Fsp3) is 0.462. The summed E-state index contributed by atoms with van der Waals surface area (Å²) in [7, 11) is 0. The van der Waals surface area contributed by atoms with Crippen LogP contribution < -0.4 is 5.32 Å². The minimum Gasteiger partial charge on any atom is -0.352 e. The van der Waals surface area contributed by atoms with Crippen LogP contribution in [-0.4, -0.2) is 16.9 Å². The third kappa shape index (κ3) is 4.64. The summed E-state index contributed by atoms with van der Waals surface area (Å²) in [6, 6.07) is 5.80. The van der Waals surface area contributed by atoms with Gasteiger partial charge in [-0.2, -0.15) is 5.26 Å². The summed E-state index contributed by atoms with van der Waals surface area (Å²) in [5.74, 6) is -0.0576. The van der Waals surface area contributed by atoms with Gasteiger partial charge in [-0.15, -0.1) is 0 Å².